The fourth-order valence-electron chi connectivity index (χ4n) is 8.44. The largest absolute Gasteiger partial charge is 0.508 e. The van der Waals surface area contributed by atoms with Crippen LogP contribution in [0, 0.1) is 17.3 Å². The molecule has 2 N–H and O–H groups in total. The number of fused-ring (bicyclic) bond motifs is 5. The predicted molar refractivity (Wildman–Crippen MR) is 171 cm³/mol. The van der Waals surface area contributed by atoms with E-state index in [-0.39, 0.29) is 24.0 Å². The number of carbonyl (C=O) groups excluding carboxylic acids is 1. The van der Waals surface area contributed by atoms with Crippen molar-refractivity contribution in [1.82, 2.24) is 4.90 Å². The van der Waals surface area contributed by atoms with Crippen LogP contribution >= 0.6 is 0 Å². The van der Waals surface area contributed by atoms with Gasteiger partial charge in [0.1, 0.15) is 18.1 Å². The minimum atomic E-state index is -0.226. The third-order valence-electron chi connectivity index (χ3n) is 10.9. The summed E-state index contributed by atoms with van der Waals surface area (Å²) >= 11 is 0. The van der Waals surface area contributed by atoms with Gasteiger partial charge in [-0.05, 0) is 128 Å². The highest BCUT2D eigenvalue weighted by atomic mass is 16.5. The number of benzene rings is 2. The third kappa shape index (κ3) is 7.23. The zero-order valence-electron chi connectivity index (χ0n) is 26.6. The van der Waals surface area contributed by atoms with E-state index >= 15 is 0 Å². The number of aryl methyl sites for hydroxylation is 1. The molecule has 0 heterocycles. The number of unbranched alkanes of at least 4 members (excludes halogenated alkanes) is 4. The van der Waals surface area contributed by atoms with E-state index < -0.39 is 0 Å². The molecule has 2 fully saturated rings. The van der Waals surface area contributed by atoms with Gasteiger partial charge in [0.25, 0.3) is 0 Å². The van der Waals surface area contributed by atoms with E-state index in [1.165, 1.54) is 16.7 Å². The Bertz CT molecular complexity index is 1200. The van der Waals surface area contributed by atoms with Gasteiger partial charge in [-0.15, -0.1) is 0 Å². The maximum atomic E-state index is 12.0. The van der Waals surface area contributed by atoms with E-state index in [0.717, 1.165) is 82.9 Å². The second kappa shape index (κ2) is 14.5. The van der Waals surface area contributed by atoms with Crippen LogP contribution in [0.4, 0.5) is 0 Å². The van der Waals surface area contributed by atoms with Crippen molar-refractivity contribution in [2.24, 2.45) is 17.3 Å². The number of aromatic hydroxyl groups is 1. The number of carbonyl (C=O) groups is 1. The second-order valence-corrected chi connectivity index (χ2v) is 13.7. The van der Waals surface area contributed by atoms with Gasteiger partial charge in [0.15, 0.2) is 0 Å². The number of aliphatic hydroxyl groups is 1. The van der Waals surface area contributed by atoms with Gasteiger partial charge in [0, 0.05) is 20.2 Å². The molecule has 0 bridgehead atoms. The van der Waals surface area contributed by atoms with E-state index in [9.17, 15) is 15.0 Å². The van der Waals surface area contributed by atoms with E-state index in [1.54, 1.807) is 4.90 Å². The Morgan fingerprint density at radius 3 is 2.53 bits per heavy atom. The minimum Gasteiger partial charge on any atom is -0.508 e. The summed E-state index contributed by atoms with van der Waals surface area (Å²) in [4.78, 5) is 13.8. The summed E-state index contributed by atoms with van der Waals surface area (Å²) in [6.45, 7) is 6.76. The number of ether oxygens (including phenoxy) is 2. The number of amides is 1. The maximum Gasteiger partial charge on any atom is 0.248 e. The van der Waals surface area contributed by atoms with Gasteiger partial charge in [0.05, 0.1) is 12.7 Å². The molecule has 3 aliphatic rings. The molecule has 0 aromatic heterocycles. The lowest BCUT2D eigenvalue weighted by Crippen LogP contribution is -2.47. The van der Waals surface area contributed by atoms with Crippen LogP contribution in [-0.2, 0) is 16.0 Å². The standard InChI is InChI=1S/C37H53NO5/c1-4-5-20-38(3)35(41)25-42-21-8-6-7-9-22-43-29-14-10-26(11-15-29)32-24-37(2)33(18-19-34(37)40)31-16-12-27-23-28(39)13-17-30(27)36(31)32/h10-11,13-15,17,23,31-34,36,39-40H,4-9,12,16,18-22,24-25H2,1-3H3/t31?,32-,33?,34+,36?,37+/m1/s1. The van der Waals surface area contributed by atoms with Crippen molar-refractivity contribution < 1.29 is 24.5 Å². The molecule has 0 saturated heterocycles. The molecular formula is C37H53NO5. The van der Waals surface area contributed by atoms with Crippen molar-refractivity contribution in [2.45, 2.75) is 102 Å². The number of rotatable bonds is 14. The first kappa shape index (κ1) is 31.8. The van der Waals surface area contributed by atoms with Gasteiger partial charge >= 0.3 is 0 Å². The zero-order chi connectivity index (χ0) is 30.4. The highest BCUT2D eigenvalue weighted by Crippen LogP contribution is 2.65. The molecule has 3 aliphatic carbocycles. The first-order valence-corrected chi connectivity index (χ1v) is 16.9. The smallest absolute Gasteiger partial charge is 0.248 e. The van der Waals surface area contributed by atoms with Crippen LogP contribution < -0.4 is 4.74 Å². The molecular weight excluding hydrogens is 538 g/mol. The number of aliphatic hydroxyl groups excluding tert-OH is 1. The summed E-state index contributed by atoms with van der Waals surface area (Å²) in [7, 11) is 1.85. The highest BCUT2D eigenvalue weighted by molar-refractivity contribution is 5.77. The Balaban J connectivity index is 1.10. The van der Waals surface area contributed by atoms with Crippen molar-refractivity contribution in [2.75, 3.05) is 33.4 Å². The quantitative estimate of drug-likeness (QED) is 0.227. The molecule has 0 aliphatic heterocycles. The zero-order valence-corrected chi connectivity index (χ0v) is 26.6. The SMILES string of the molecule is CCCCN(C)C(=O)COCCCCCCOc1ccc([C@H]2C[C@@]3(C)C(CC[C@@H]3O)C3CCc4cc(O)ccc4C32)cc1. The first-order chi connectivity index (χ1) is 20.8. The average molecular weight is 592 g/mol. The van der Waals surface area contributed by atoms with Crippen molar-refractivity contribution in [3.8, 4) is 11.5 Å². The molecule has 43 heavy (non-hydrogen) atoms. The summed E-state index contributed by atoms with van der Waals surface area (Å²) in [6, 6.07) is 14.7. The van der Waals surface area contributed by atoms with Crippen molar-refractivity contribution >= 4 is 5.91 Å². The number of phenols is 1. The monoisotopic (exact) mass is 591 g/mol. The fraction of sp³-hybridized carbons (Fsp3) is 0.649. The molecule has 2 aromatic carbocycles. The number of phenolic OH excluding ortho intramolecular Hbond substituents is 1. The lowest BCUT2D eigenvalue weighted by atomic mass is 9.51. The van der Waals surface area contributed by atoms with Gasteiger partial charge in [-0.3, -0.25) is 4.79 Å². The molecule has 6 heteroatoms. The van der Waals surface area contributed by atoms with Crippen LogP contribution in [0.1, 0.15) is 107 Å². The lowest BCUT2D eigenvalue weighted by Gasteiger charge is -2.54. The Morgan fingerprint density at radius 1 is 1.00 bits per heavy atom. The number of hydrogen-bond donors (Lipinski definition) is 2. The van der Waals surface area contributed by atoms with Gasteiger partial charge in [-0.2, -0.15) is 0 Å². The summed E-state index contributed by atoms with van der Waals surface area (Å²) < 4.78 is 11.7. The van der Waals surface area contributed by atoms with Gasteiger partial charge in [0.2, 0.25) is 5.91 Å². The predicted octanol–water partition coefficient (Wildman–Crippen LogP) is 7.22. The van der Waals surface area contributed by atoms with Crippen molar-refractivity contribution in [1.29, 1.82) is 0 Å². The molecule has 6 nitrogen and oxygen atoms in total. The average Bonchev–Trinajstić information content (AvgIpc) is 3.32. The van der Waals surface area contributed by atoms with Crippen LogP contribution in [0.3, 0.4) is 0 Å². The van der Waals surface area contributed by atoms with Gasteiger partial charge in [-0.25, -0.2) is 0 Å². The highest BCUT2D eigenvalue weighted by Gasteiger charge is 2.57. The Hall–Kier alpha value is -2.57. The molecule has 2 saturated carbocycles. The van der Waals surface area contributed by atoms with Gasteiger partial charge in [-0.1, -0.05) is 44.9 Å². The minimum absolute atomic E-state index is 0.0407. The Morgan fingerprint density at radius 2 is 1.77 bits per heavy atom. The molecule has 6 atom stereocenters. The van der Waals surface area contributed by atoms with E-state index in [4.69, 9.17) is 9.47 Å². The van der Waals surface area contributed by atoms with E-state index in [1.807, 2.05) is 19.2 Å². The molecule has 2 aromatic rings. The van der Waals surface area contributed by atoms with Crippen LogP contribution in [0.2, 0.25) is 0 Å². The molecule has 0 radical (unpaired) electrons. The molecule has 3 unspecified atom stereocenters. The molecule has 236 valence electrons. The van der Waals surface area contributed by atoms with E-state index in [2.05, 4.69) is 44.2 Å². The second-order valence-electron chi connectivity index (χ2n) is 13.7. The fourth-order valence-corrected chi connectivity index (χ4v) is 8.44. The molecule has 1 amide bonds. The van der Waals surface area contributed by atoms with Gasteiger partial charge < -0.3 is 24.6 Å². The summed E-state index contributed by atoms with van der Waals surface area (Å²) in [5.41, 5.74) is 3.99. The van der Waals surface area contributed by atoms with Crippen LogP contribution in [0.15, 0.2) is 42.5 Å². The first-order valence-electron chi connectivity index (χ1n) is 16.9. The summed E-state index contributed by atoms with van der Waals surface area (Å²) in [5, 5.41) is 21.3. The molecule has 5 rings (SSSR count). The van der Waals surface area contributed by atoms with Crippen LogP contribution in [0.5, 0.6) is 11.5 Å². The molecule has 0 spiro atoms. The topological polar surface area (TPSA) is 79.2 Å². The summed E-state index contributed by atoms with van der Waals surface area (Å²) in [5.74, 6) is 3.21. The van der Waals surface area contributed by atoms with Crippen LogP contribution in [0.25, 0.3) is 0 Å². The van der Waals surface area contributed by atoms with E-state index in [0.29, 0.717) is 42.6 Å². The normalized spacial score (nSPS) is 27.7. The number of nitrogens with zero attached hydrogens (tertiary/aromatic N) is 1. The Labute approximate surface area is 258 Å². The van der Waals surface area contributed by atoms with Crippen LogP contribution in [-0.4, -0.2) is 60.5 Å². The van der Waals surface area contributed by atoms with Crippen molar-refractivity contribution in [3.05, 3.63) is 59.2 Å². The lowest BCUT2D eigenvalue weighted by molar-refractivity contribution is -0.134. The number of likely N-dealkylation sites (N-methyl/N-ethyl adjacent to an activating group) is 1. The summed E-state index contributed by atoms with van der Waals surface area (Å²) in [6.07, 6.45) is 11.2. The Kier molecular flexibility index (Phi) is 10.7. The number of hydrogen-bond acceptors (Lipinski definition) is 5. The maximum absolute atomic E-state index is 12.0. The third-order valence-corrected chi connectivity index (χ3v) is 10.9. The van der Waals surface area contributed by atoms with Crippen molar-refractivity contribution in [3.63, 3.8) is 0 Å².